The van der Waals surface area contributed by atoms with Gasteiger partial charge in [-0.15, -0.1) is 11.3 Å². The van der Waals surface area contributed by atoms with Gasteiger partial charge in [-0.25, -0.2) is 9.78 Å². The van der Waals surface area contributed by atoms with Gasteiger partial charge < -0.3 is 14.5 Å². The molecule has 1 N–H and O–H groups in total. The number of methoxy groups -OCH3 is 1. The third-order valence-electron chi connectivity index (χ3n) is 3.29. The topological polar surface area (TPSA) is 64.4 Å². The van der Waals surface area contributed by atoms with E-state index < -0.39 is 0 Å². The minimum Gasteiger partial charge on any atom is -0.465 e. The molecule has 1 atom stereocenters. The van der Waals surface area contributed by atoms with Gasteiger partial charge in [0, 0.05) is 10.9 Å². The maximum absolute atomic E-state index is 11.5. The molecule has 0 radical (unpaired) electrons. The van der Waals surface area contributed by atoms with Gasteiger partial charge in [0.25, 0.3) is 0 Å². The highest BCUT2D eigenvalue weighted by Crippen LogP contribution is 2.25. The fraction of sp³-hybridized carbons (Fsp3) is 0.467. The molecule has 0 saturated heterocycles. The zero-order valence-electron chi connectivity index (χ0n) is 12.9. The normalized spacial score (nSPS) is 12.4. The Balaban J connectivity index is 2.03. The molecule has 2 rings (SSSR count). The monoisotopic (exact) mass is 308 g/mol. The van der Waals surface area contributed by atoms with Crippen LogP contribution in [0.3, 0.4) is 0 Å². The van der Waals surface area contributed by atoms with Gasteiger partial charge in [0.15, 0.2) is 0 Å². The van der Waals surface area contributed by atoms with E-state index in [0.29, 0.717) is 17.9 Å². The summed E-state index contributed by atoms with van der Waals surface area (Å²) in [5, 5.41) is 4.46. The summed E-state index contributed by atoms with van der Waals surface area (Å²) in [5.41, 5.74) is 1.54. The quantitative estimate of drug-likeness (QED) is 0.859. The Kier molecular flexibility index (Phi) is 4.80. The maximum atomic E-state index is 11.5. The van der Waals surface area contributed by atoms with Crippen molar-refractivity contribution in [2.24, 2.45) is 0 Å². The number of nitrogens with zero attached hydrogens (tertiary/aromatic N) is 1. The maximum Gasteiger partial charge on any atom is 0.341 e. The van der Waals surface area contributed by atoms with Gasteiger partial charge in [-0.2, -0.15) is 0 Å². The highest BCUT2D eigenvalue weighted by atomic mass is 32.1. The Morgan fingerprint density at radius 3 is 2.76 bits per heavy atom. The molecule has 0 aliphatic rings. The van der Waals surface area contributed by atoms with Crippen LogP contribution in [0.2, 0.25) is 0 Å². The first kappa shape index (κ1) is 15.7. The number of carbonyl (C=O) groups excluding carboxylic acids is 1. The lowest BCUT2D eigenvalue weighted by Gasteiger charge is -2.11. The number of carbonyl (C=O) groups is 1. The van der Waals surface area contributed by atoms with E-state index in [-0.39, 0.29) is 12.0 Å². The Hall–Kier alpha value is -1.66. The molecule has 0 spiro atoms. The molecule has 0 fully saturated rings. The van der Waals surface area contributed by atoms with Crippen LogP contribution in [0, 0.1) is 20.8 Å². The standard InChI is InChI=1S/C15H20N2O3S/c1-8(14-9(2)17-11(4)21-14)16-7-12-6-13(10(3)20-12)15(18)19-5/h6,8,16H,7H2,1-5H3. The number of aryl methyl sites for hydroxylation is 3. The Morgan fingerprint density at radius 2 is 2.19 bits per heavy atom. The van der Waals surface area contributed by atoms with Crippen molar-refractivity contribution in [3.05, 3.63) is 38.7 Å². The van der Waals surface area contributed by atoms with Crippen LogP contribution in [0.15, 0.2) is 10.5 Å². The average molecular weight is 308 g/mol. The first-order valence-corrected chi connectivity index (χ1v) is 7.59. The van der Waals surface area contributed by atoms with Crippen LogP contribution in [0.25, 0.3) is 0 Å². The second-order valence-corrected chi connectivity index (χ2v) is 6.19. The molecule has 0 saturated carbocycles. The molecular weight excluding hydrogens is 288 g/mol. The molecular formula is C15H20N2O3S. The zero-order chi connectivity index (χ0) is 15.6. The van der Waals surface area contributed by atoms with Crippen molar-refractivity contribution < 1.29 is 13.9 Å². The molecule has 2 aromatic rings. The number of ether oxygens (including phenoxy) is 1. The van der Waals surface area contributed by atoms with Crippen LogP contribution in [-0.2, 0) is 11.3 Å². The van der Waals surface area contributed by atoms with Crippen molar-refractivity contribution in [2.75, 3.05) is 7.11 Å². The van der Waals surface area contributed by atoms with Gasteiger partial charge in [0.05, 0.1) is 24.4 Å². The molecule has 21 heavy (non-hydrogen) atoms. The molecule has 2 heterocycles. The number of furan rings is 1. The SMILES string of the molecule is COC(=O)c1cc(CNC(C)c2sc(C)nc2C)oc1C. The minimum absolute atomic E-state index is 0.184. The van der Waals surface area contributed by atoms with Crippen molar-refractivity contribution in [3.8, 4) is 0 Å². The summed E-state index contributed by atoms with van der Waals surface area (Å²) in [6, 6.07) is 1.91. The largest absolute Gasteiger partial charge is 0.465 e. The fourth-order valence-corrected chi connectivity index (χ4v) is 3.19. The Labute approximate surface area is 128 Å². The number of aromatic nitrogens is 1. The average Bonchev–Trinajstić information content (AvgIpc) is 2.97. The summed E-state index contributed by atoms with van der Waals surface area (Å²) in [7, 11) is 1.36. The number of thiazole rings is 1. The summed E-state index contributed by atoms with van der Waals surface area (Å²) in [6.07, 6.45) is 0. The van der Waals surface area contributed by atoms with Crippen LogP contribution >= 0.6 is 11.3 Å². The first-order valence-electron chi connectivity index (χ1n) is 6.77. The molecule has 6 heteroatoms. The number of rotatable bonds is 5. The van der Waals surface area contributed by atoms with E-state index in [1.54, 1.807) is 24.3 Å². The van der Waals surface area contributed by atoms with Crippen molar-refractivity contribution in [2.45, 2.75) is 40.3 Å². The molecule has 0 bridgehead atoms. The number of nitrogens with one attached hydrogen (secondary N) is 1. The van der Waals surface area contributed by atoms with Crippen molar-refractivity contribution >= 4 is 17.3 Å². The number of hydrogen-bond acceptors (Lipinski definition) is 6. The molecule has 0 amide bonds. The second kappa shape index (κ2) is 6.41. The molecule has 1 unspecified atom stereocenters. The third kappa shape index (κ3) is 3.51. The van der Waals surface area contributed by atoms with E-state index in [0.717, 1.165) is 16.5 Å². The van der Waals surface area contributed by atoms with Crippen LogP contribution < -0.4 is 5.32 Å². The Bertz CT molecular complexity index is 645. The summed E-state index contributed by atoms with van der Waals surface area (Å²) in [5.74, 6) is 0.930. The van der Waals surface area contributed by atoms with E-state index in [1.165, 1.54) is 12.0 Å². The summed E-state index contributed by atoms with van der Waals surface area (Å²) < 4.78 is 10.3. The molecule has 0 aliphatic heterocycles. The summed E-state index contributed by atoms with van der Waals surface area (Å²) in [4.78, 5) is 17.2. The fourth-order valence-electron chi connectivity index (χ4n) is 2.24. The summed E-state index contributed by atoms with van der Waals surface area (Å²) in [6.45, 7) is 8.43. The van der Waals surface area contributed by atoms with Gasteiger partial charge in [-0.1, -0.05) is 0 Å². The first-order chi connectivity index (χ1) is 9.92. The summed E-state index contributed by atoms with van der Waals surface area (Å²) >= 11 is 1.70. The lowest BCUT2D eigenvalue weighted by molar-refractivity contribution is 0.0599. The van der Waals surface area contributed by atoms with E-state index >= 15 is 0 Å². The van der Waals surface area contributed by atoms with E-state index in [4.69, 9.17) is 9.15 Å². The van der Waals surface area contributed by atoms with Gasteiger partial charge in [-0.3, -0.25) is 0 Å². The van der Waals surface area contributed by atoms with Gasteiger partial charge >= 0.3 is 5.97 Å². The van der Waals surface area contributed by atoms with Crippen molar-refractivity contribution in [1.29, 1.82) is 0 Å². The van der Waals surface area contributed by atoms with Crippen LogP contribution in [0.4, 0.5) is 0 Å². The zero-order valence-corrected chi connectivity index (χ0v) is 13.8. The van der Waals surface area contributed by atoms with Crippen LogP contribution in [0.1, 0.15) is 50.4 Å². The number of esters is 1. The highest BCUT2D eigenvalue weighted by molar-refractivity contribution is 7.11. The van der Waals surface area contributed by atoms with Gasteiger partial charge in [-0.05, 0) is 33.8 Å². The minimum atomic E-state index is -0.371. The van der Waals surface area contributed by atoms with Crippen molar-refractivity contribution in [3.63, 3.8) is 0 Å². The predicted octanol–water partition coefficient (Wildman–Crippen LogP) is 3.30. The van der Waals surface area contributed by atoms with Gasteiger partial charge in [0.2, 0.25) is 0 Å². The molecule has 5 nitrogen and oxygen atoms in total. The predicted molar refractivity (Wildman–Crippen MR) is 81.6 cm³/mol. The van der Waals surface area contributed by atoms with E-state index in [2.05, 4.69) is 17.2 Å². The highest BCUT2D eigenvalue weighted by Gasteiger charge is 2.17. The molecule has 114 valence electrons. The smallest absolute Gasteiger partial charge is 0.341 e. The second-order valence-electron chi connectivity index (χ2n) is 4.96. The lowest BCUT2D eigenvalue weighted by atomic mass is 10.2. The van der Waals surface area contributed by atoms with Gasteiger partial charge in [0.1, 0.15) is 17.1 Å². The van der Waals surface area contributed by atoms with E-state index in [9.17, 15) is 4.79 Å². The number of hydrogen-bond donors (Lipinski definition) is 1. The van der Waals surface area contributed by atoms with Crippen LogP contribution in [0.5, 0.6) is 0 Å². The molecule has 0 aromatic carbocycles. The lowest BCUT2D eigenvalue weighted by Crippen LogP contribution is -2.17. The molecule has 2 aromatic heterocycles. The third-order valence-corrected chi connectivity index (χ3v) is 4.54. The van der Waals surface area contributed by atoms with E-state index in [1.807, 2.05) is 13.8 Å². The van der Waals surface area contributed by atoms with Crippen LogP contribution in [-0.4, -0.2) is 18.1 Å². The Morgan fingerprint density at radius 1 is 1.48 bits per heavy atom. The molecule has 0 aliphatic carbocycles. The van der Waals surface area contributed by atoms with Crippen molar-refractivity contribution in [1.82, 2.24) is 10.3 Å².